The van der Waals surface area contributed by atoms with Crippen molar-refractivity contribution < 1.29 is 29.6 Å². The van der Waals surface area contributed by atoms with Gasteiger partial charge in [0, 0.05) is 26.2 Å². The molecule has 4 aromatic carbocycles. The zero-order valence-electron chi connectivity index (χ0n) is 29.9. The number of benzene rings is 4. The summed E-state index contributed by atoms with van der Waals surface area (Å²) in [6.45, 7) is 10.7. The van der Waals surface area contributed by atoms with Crippen LogP contribution in [0.4, 0.5) is 0 Å². The Balaban J connectivity index is 0.000000470. The number of aliphatic hydroxyl groups is 1. The maximum Gasteiger partial charge on any atom is 0.337 e. The number of hydrogen-bond acceptors (Lipinski definition) is 9. The van der Waals surface area contributed by atoms with Gasteiger partial charge in [-0.25, -0.2) is 4.79 Å². The fourth-order valence-electron chi connectivity index (χ4n) is 5.89. The summed E-state index contributed by atoms with van der Waals surface area (Å²) in [5, 5.41) is 33.3. The van der Waals surface area contributed by atoms with E-state index in [4.69, 9.17) is 14.9 Å². The number of thiazole rings is 1. The molecule has 11 nitrogen and oxygen atoms in total. The number of aromatic amines is 1. The van der Waals surface area contributed by atoms with Crippen LogP contribution in [0, 0.1) is 0 Å². The van der Waals surface area contributed by atoms with Crippen LogP contribution < -0.4 is 10.2 Å². The quantitative estimate of drug-likeness (QED) is 0.0721. The van der Waals surface area contributed by atoms with Crippen LogP contribution in [0.15, 0.2) is 89.7 Å². The van der Waals surface area contributed by atoms with Crippen molar-refractivity contribution in [3.8, 4) is 5.75 Å². The van der Waals surface area contributed by atoms with E-state index in [2.05, 4.69) is 71.5 Å². The molecule has 5 aromatic rings. The molecule has 1 heterocycles. The van der Waals surface area contributed by atoms with Gasteiger partial charge in [0.15, 0.2) is 6.10 Å². The van der Waals surface area contributed by atoms with Gasteiger partial charge >= 0.3 is 10.8 Å². The van der Waals surface area contributed by atoms with Gasteiger partial charge in [0.05, 0.1) is 24.3 Å². The van der Waals surface area contributed by atoms with Gasteiger partial charge in [-0.05, 0) is 66.0 Å². The second-order valence-electron chi connectivity index (χ2n) is 12.3. The van der Waals surface area contributed by atoms with Gasteiger partial charge < -0.3 is 40.2 Å². The van der Waals surface area contributed by atoms with Crippen LogP contribution >= 0.6 is 11.3 Å². The predicted octanol–water partition coefficient (Wildman–Crippen LogP) is 5.20. The molecule has 1 atom stereocenters. The average Bonchev–Trinajstić information content (AvgIpc) is 3.57. The first kappa shape index (κ1) is 40.2. The number of hydrogen-bond donors (Lipinski definition) is 5. The number of carbonyl (C=O) groups excluding carboxylic acids is 1. The first-order chi connectivity index (χ1) is 25.2. The number of fused-ring (bicyclic) bond motifs is 2. The molecule has 5 N–H and O–H groups in total. The number of aliphatic hydroxyl groups excluding tert-OH is 1. The zero-order chi connectivity index (χ0) is 37.3. The Morgan fingerprint density at radius 2 is 1.58 bits per heavy atom. The second-order valence-corrected chi connectivity index (χ2v) is 13.3. The monoisotopic (exact) mass is 730 g/mol. The molecule has 0 spiro atoms. The highest BCUT2D eigenvalue weighted by Gasteiger charge is 2.16. The smallest absolute Gasteiger partial charge is 0.337 e. The second kappa shape index (κ2) is 21.1. The van der Waals surface area contributed by atoms with Gasteiger partial charge in [-0.1, -0.05) is 104 Å². The van der Waals surface area contributed by atoms with E-state index in [0.717, 1.165) is 54.1 Å². The molecule has 5 rings (SSSR count). The minimum absolute atomic E-state index is 0.0926. The molecular weight excluding hydrogens is 681 g/mol. The van der Waals surface area contributed by atoms with Gasteiger partial charge in [-0.15, -0.1) is 0 Å². The van der Waals surface area contributed by atoms with Crippen LogP contribution in [-0.2, 0) is 27.2 Å². The van der Waals surface area contributed by atoms with E-state index in [0.29, 0.717) is 56.9 Å². The Morgan fingerprint density at radius 1 is 0.846 bits per heavy atom. The highest BCUT2D eigenvalue weighted by molar-refractivity contribution is 7.16. The molecule has 0 aliphatic heterocycles. The third-order valence-electron chi connectivity index (χ3n) is 8.91. The number of H-pyrrole nitrogens is 1. The Hall–Kier alpha value is -4.59. The molecule has 0 unspecified atom stereocenters. The molecular formula is C40H50N4O7S. The number of phenolic OH excluding ortho intramolecular Hbond substituents is 1. The van der Waals surface area contributed by atoms with Gasteiger partial charge in [-0.3, -0.25) is 9.59 Å². The van der Waals surface area contributed by atoms with Crippen molar-refractivity contribution in [2.75, 3.05) is 59.0 Å². The Morgan fingerprint density at radius 3 is 2.33 bits per heavy atom. The molecule has 0 fully saturated rings. The van der Waals surface area contributed by atoms with Gasteiger partial charge in [0.2, 0.25) is 5.91 Å². The lowest BCUT2D eigenvalue weighted by Crippen LogP contribution is -2.42. The lowest BCUT2D eigenvalue weighted by Gasteiger charge is -2.27. The number of rotatable bonds is 19. The molecule has 278 valence electrons. The van der Waals surface area contributed by atoms with E-state index >= 15 is 0 Å². The standard InChI is InChI=1S/C32H42N4O4S.C8H8O3/c1-3-35(4-2)20-21-36(19-18-33-17-14-26-12-13-28(37)30-31(26)41-32(39)34-30)29(38)16-23-40-22-15-25-10-7-9-24-8-5-6-11-27(24)25;9-7(8(10)11)6-4-2-1-3-5-6/h5-13,33,37H,3-4,14-23H2,1-2H3,(H,34,39);1-5,7,9H,(H,10,11)/t;7-/m.0/s1. The Kier molecular flexibility index (Phi) is 16.3. The molecule has 0 saturated carbocycles. The average molecular weight is 731 g/mol. The molecule has 52 heavy (non-hydrogen) atoms. The molecule has 0 saturated heterocycles. The van der Waals surface area contributed by atoms with Crippen LogP contribution in [0.1, 0.15) is 43.1 Å². The van der Waals surface area contributed by atoms with Crippen molar-refractivity contribution in [2.24, 2.45) is 0 Å². The summed E-state index contributed by atoms with van der Waals surface area (Å²) in [6, 6.07) is 26.5. The zero-order valence-corrected chi connectivity index (χ0v) is 30.7. The van der Waals surface area contributed by atoms with E-state index in [1.54, 1.807) is 36.4 Å². The first-order valence-electron chi connectivity index (χ1n) is 17.8. The minimum Gasteiger partial charge on any atom is -0.506 e. The number of nitrogens with zero attached hydrogens (tertiary/aromatic N) is 2. The molecule has 12 heteroatoms. The van der Waals surface area contributed by atoms with Crippen LogP contribution in [0.5, 0.6) is 5.75 Å². The largest absolute Gasteiger partial charge is 0.506 e. The number of aliphatic carboxylic acids is 1. The highest BCUT2D eigenvalue weighted by Crippen LogP contribution is 2.28. The third-order valence-corrected chi connectivity index (χ3v) is 9.87. The summed E-state index contributed by atoms with van der Waals surface area (Å²) in [7, 11) is 0. The molecule has 0 bridgehead atoms. The van der Waals surface area contributed by atoms with Gasteiger partial charge in [0.25, 0.3) is 0 Å². The number of aromatic hydroxyl groups is 1. The van der Waals surface area contributed by atoms with E-state index < -0.39 is 12.1 Å². The number of carbonyl (C=O) groups is 2. The summed E-state index contributed by atoms with van der Waals surface area (Å²) in [5.74, 6) is -1.02. The van der Waals surface area contributed by atoms with Gasteiger partial charge in [-0.2, -0.15) is 0 Å². The number of likely N-dealkylation sites (N-methyl/N-ethyl adjacent to an activating group) is 1. The predicted molar refractivity (Wildman–Crippen MR) is 207 cm³/mol. The molecule has 1 amide bonds. The number of carboxylic acids is 1. The number of amides is 1. The van der Waals surface area contributed by atoms with Crippen LogP contribution in [0.3, 0.4) is 0 Å². The summed E-state index contributed by atoms with van der Waals surface area (Å²) in [4.78, 5) is 42.0. The fourth-order valence-corrected chi connectivity index (χ4v) is 6.78. The van der Waals surface area contributed by atoms with Crippen molar-refractivity contribution in [1.82, 2.24) is 20.1 Å². The van der Waals surface area contributed by atoms with E-state index in [1.807, 2.05) is 11.0 Å². The van der Waals surface area contributed by atoms with Gasteiger partial charge in [0.1, 0.15) is 11.3 Å². The van der Waals surface area contributed by atoms with E-state index in [9.17, 15) is 19.5 Å². The Labute approximate surface area is 308 Å². The lowest BCUT2D eigenvalue weighted by atomic mass is 10.0. The molecule has 1 aromatic heterocycles. The topological polar surface area (TPSA) is 155 Å². The maximum atomic E-state index is 13.2. The van der Waals surface area contributed by atoms with E-state index in [1.165, 1.54) is 16.3 Å². The summed E-state index contributed by atoms with van der Waals surface area (Å²) in [5.41, 5.74) is 3.19. The molecule has 0 aliphatic rings. The van der Waals surface area contributed by atoms with Crippen molar-refractivity contribution >= 4 is 44.2 Å². The van der Waals surface area contributed by atoms with Crippen LogP contribution in [0.2, 0.25) is 0 Å². The third kappa shape index (κ3) is 12.0. The molecule has 0 aliphatic carbocycles. The van der Waals surface area contributed by atoms with E-state index in [-0.39, 0.29) is 16.5 Å². The van der Waals surface area contributed by atoms with Crippen molar-refractivity contribution in [2.45, 2.75) is 39.2 Å². The highest BCUT2D eigenvalue weighted by atomic mass is 32.1. The SMILES string of the molecule is CCN(CC)CCN(CCNCCc1ccc(O)c2[nH]c(=O)sc12)C(=O)CCOCCc1cccc2ccccc12.O=C(O)[C@@H](O)c1ccccc1. The van der Waals surface area contributed by atoms with Crippen LogP contribution in [-0.4, -0.2) is 101 Å². The number of ether oxygens (including phenoxy) is 1. The minimum atomic E-state index is -1.41. The maximum absolute atomic E-state index is 13.2. The Bertz CT molecular complexity index is 1900. The van der Waals surface area contributed by atoms with Crippen LogP contribution in [0.25, 0.3) is 21.0 Å². The number of carboxylic acid groups (broad SMARTS) is 1. The summed E-state index contributed by atoms with van der Waals surface area (Å²) >= 11 is 1.12. The summed E-state index contributed by atoms with van der Waals surface area (Å²) in [6.07, 6.45) is 0.503. The number of phenols is 1. The van der Waals surface area contributed by atoms with Crippen molar-refractivity contribution in [3.05, 3.63) is 111 Å². The lowest BCUT2D eigenvalue weighted by molar-refractivity contribution is -0.147. The van der Waals surface area contributed by atoms with Crippen molar-refractivity contribution in [1.29, 1.82) is 0 Å². The van der Waals surface area contributed by atoms with Crippen molar-refractivity contribution in [3.63, 3.8) is 0 Å². The first-order valence-corrected chi connectivity index (χ1v) is 18.6. The normalized spacial score (nSPS) is 11.8. The number of nitrogens with one attached hydrogen (secondary N) is 2. The summed E-state index contributed by atoms with van der Waals surface area (Å²) < 4.78 is 6.70. The fraction of sp³-hybridized carbons (Fsp3) is 0.375. The molecule has 0 radical (unpaired) electrons. The number of aromatic nitrogens is 1.